The van der Waals surface area contributed by atoms with Crippen molar-refractivity contribution >= 4 is 28.5 Å². The minimum atomic E-state index is 0.501. The van der Waals surface area contributed by atoms with Gasteiger partial charge in [-0.1, -0.05) is 25.5 Å². The van der Waals surface area contributed by atoms with Gasteiger partial charge in [-0.15, -0.1) is 11.3 Å². The number of hydrogen-bond donors (Lipinski definition) is 2. The molecular formula is C31H40N8S. The van der Waals surface area contributed by atoms with Crippen LogP contribution in [0.2, 0.25) is 0 Å². The summed E-state index contributed by atoms with van der Waals surface area (Å²) < 4.78 is 0. The number of thiazole rings is 1. The van der Waals surface area contributed by atoms with E-state index >= 15 is 0 Å². The van der Waals surface area contributed by atoms with Gasteiger partial charge in [-0.3, -0.25) is 9.88 Å². The van der Waals surface area contributed by atoms with E-state index in [1.165, 1.54) is 11.3 Å². The van der Waals surface area contributed by atoms with Crippen molar-refractivity contribution in [3.05, 3.63) is 58.9 Å². The molecule has 0 bridgehead atoms. The van der Waals surface area contributed by atoms with Crippen molar-refractivity contribution in [1.82, 2.24) is 25.2 Å². The summed E-state index contributed by atoms with van der Waals surface area (Å²) in [6.07, 6.45) is 13.9. The Morgan fingerprint density at radius 1 is 1.18 bits per heavy atom. The zero-order valence-corrected chi connectivity index (χ0v) is 24.3. The summed E-state index contributed by atoms with van der Waals surface area (Å²) >= 11 is 1.74. The molecule has 40 heavy (non-hydrogen) atoms. The first-order valence-electron chi connectivity index (χ1n) is 14.6. The molecule has 0 aromatic carbocycles. The maximum Gasteiger partial charge on any atom is 0.149 e. The molecule has 5 heterocycles. The quantitative estimate of drug-likeness (QED) is 0.328. The molecule has 2 fully saturated rings. The number of hydrogen-bond acceptors (Lipinski definition) is 9. The molecule has 2 aliphatic heterocycles. The normalized spacial score (nSPS) is 17.1. The number of anilines is 2. The van der Waals surface area contributed by atoms with Gasteiger partial charge in [0.2, 0.25) is 0 Å². The van der Waals surface area contributed by atoms with Crippen LogP contribution < -0.4 is 16.0 Å². The van der Waals surface area contributed by atoms with Crippen LogP contribution in [0, 0.1) is 17.2 Å². The highest BCUT2D eigenvalue weighted by molar-refractivity contribution is 7.14. The van der Waals surface area contributed by atoms with Crippen molar-refractivity contribution in [1.29, 1.82) is 5.26 Å². The Hall–Kier alpha value is -3.48. The molecule has 0 amide bonds. The van der Waals surface area contributed by atoms with Gasteiger partial charge in [0.05, 0.1) is 22.8 Å². The molecule has 3 aromatic rings. The molecule has 2 aliphatic rings. The van der Waals surface area contributed by atoms with Crippen LogP contribution in [-0.4, -0.2) is 52.6 Å². The van der Waals surface area contributed by atoms with Crippen molar-refractivity contribution in [2.75, 3.05) is 43.4 Å². The predicted octanol–water partition coefficient (Wildman–Crippen LogP) is 5.69. The molecule has 210 valence electrons. The van der Waals surface area contributed by atoms with E-state index < -0.39 is 0 Å². The second-order valence-electron chi connectivity index (χ2n) is 10.8. The summed E-state index contributed by atoms with van der Waals surface area (Å²) in [5.41, 5.74) is 10.2. The van der Waals surface area contributed by atoms with E-state index in [0.29, 0.717) is 17.2 Å². The van der Waals surface area contributed by atoms with E-state index in [2.05, 4.69) is 44.2 Å². The van der Waals surface area contributed by atoms with Gasteiger partial charge in [0, 0.05) is 43.4 Å². The summed E-state index contributed by atoms with van der Waals surface area (Å²) in [5.74, 6) is 1.34. The first-order chi connectivity index (χ1) is 19.6. The van der Waals surface area contributed by atoms with Gasteiger partial charge in [-0.2, -0.15) is 5.26 Å². The average molecular weight is 557 g/mol. The monoisotopic (exact) mass is 556 g/mol. The topological polar surface area (TPSA) is 107 Å². The number of nitrogens with two attached hydrogens (primary N) is 1. The van der Waals surface area contributed by atoms with E-state index in [1.54, 1.807) is 11.3 Å². The van der Waals surface area contributed by atoms with Crippen molar-refractivity contribution < 1.29 is 0 Å². The van der Waals surface area contributed by atoms with Crippen molar-refractivity contribution in [3.8, 4) is 16.8 Å². The van der Waals surface area contributed by atoms with Crippen LogP contribution >= 0.6 is 11.3 Å². The molecule has 3 aromatic heterocycles. The lowest BCUT2D eigenvalue weighted by molar-refractivity contribution is 0.179. The number of rotatable bonds is 10. The summed E-state index contributed by atoms with van der Waals surface area (Å²) in [6.45, 7) is 8.06. The molecule has 0 unspecified atom stereocenters. The molecule has 9 heteroatoms. The number of nitrogens with zero attached hydrogens (tertiary/aromatic N) is 6. The molecule has 0 atom stereocenters. The maximum absolute atomic E-state index is 9.81. The third-order valence-corrected chi connectivity index (χ3v) is 8.82. The fourth-order valence-electron chi connectivity index (χ4n) is 5.51. The summed E-state index contributed by atoms with van der Waals surface area (Å²) in [4.78, 5) is 20.1. The Balaban J connectivity index is 1.19. The van der Waals surface area contributed by atoms with Crippen molar-refractivity contribution in [2.45, 2.75) is 58.4 Å². The second kappa shape index (κ2) is 13.7. The SMILES string of the molecule is CCC/C=C(\NCC1CCN(Cc2cnc(-c3ccccn3)s2)CC1)c1cc(N)c(C#N)c(N2CCCCC2)n1. The Morgan fingerprint density at radius 3 is 2.73 bits per heavy atom. The van der Waals surface area contributed by atoms with Crippen LogP contribution in [-0.2, 0) is 6.54 Å². The van der Waals surface area contributed by atoms with Crippen LogP contribution in [0.4, 0.5) is 11.5 Å². The molecular weight excluding hydrogens is 516 g/mol. The highest BCUT2D eigenvalue weighted by Crippen LogP contribution is 2.30. The number of aromatic nitrogens is 3. The minimum Gasteiger partial charge on any atom is -0.397 e. The van der Waals surface area contributed by atoms with Gasteiger partial charge in [0.25, 0.3) is 0 Å². The number of likely N-dealkylation sites (tertiary alicyclic amines) is 1. The zero-order chi connectivity index (χ0) is 27.7. The number of allylic oxidation sites excluding steroid dienone is 1. The average Bonchev–Trinajstić information content (AvgIpc) is 3.47. The van der Waals surface area contributed by atoms with Gasteiger partial charge in [-0.25, -0.2) is 9.97 Å². The largest absolute Gasteiger partial charge is 0.397 e. The van der Waals surface area contributed by atoms with E-state index in [-0.39, 0.29) is 0 Å². The number of unbranched alkanes of at least 4 members (excludes halogenated alkanes) is 1. The standard InChI is InChI=1S/C31H40N8S/c1-2-3-9-27(29-18-26(33)25(19-32)30(37-29)39-14-7-4-8-15-39)35-20-23-11-16-38(17-12-23)22-24-21-36-31(40-24)28-10-5-6-13-34-28/h5-6,9-10,13,18,21,23,35H,2-4,7-8,11-12,14-17,20,22H2,1H3,(H2,33,37)/b27-9-. The summed E-state index contributed by atoms with van der Waals surface area (Å²) in [5, 5.41) is 14.5. The highest BCUT2D eigenvalue weighted by atomic mass is 32.1. The lowest BCUT2D eigenvalue weighted by Crippen LogP contribution is -2.36. The van der Waals surface area contributed by atoms with Gasteiger partial charge in [0.15, 0.2) is 0 Å². The van der Waals surface area contributed by atoms with Crippen LogP contribution in [0.25, 0.3) is 16.4 Å². The van der Waals surface area contributed by atoms with E-state index in [0.717, 1.165) is 106 Å². The number of pyridine rings is 2. The minimum absolute atomic E-state index is 0.501. The van der Waals surface area contributed by atoms with E-state index in [4.69, 9.17) is 10.7 Å². The van der Waals surface area contributed by atoms with Crippen LogP contribution in [0.15, 0.2) is 42.7 Å². The molecule has 5 rings (SSSR count). The highest BCUT2D eigenvalue weighted by Gasteiger charge is 2.23. The summed E-state index contributed by atoms with van der Waals surface area (Å²) in [6, 6.07) is 10.1. The van der Waals surface area contributed by atoms with Crippen LogP contribution in [0.5, 0.6) is 0 Å². The van der Waals surface area contributed by atoms with E-state index in [9.17, 15) is 5.26 Å². The van der Waals surface area contributed by atoms with Gasteiger partial charge in [0.1, 0.15) is 22.5 Å². The molecule has 0 radical (unpaired) electrons. The number of nitriles is 1. The number of piperidine rings is 2. The summed E-state index contributed by atoms with van der Waals surface area (Å²) in [7, 11) is 0. The van der Waals surface area contributed by atoms with Crippen molar-refractivity contribution in [2.24, 2.45) is 5.92 Å². The van der Waals surface area contributed by atoms with Crippen LogP contribution in [0.1, 0.15) is 68.0 Å². The third kappa shape index (κ3) is 6.98. The lowest BCUT2D eigenvalue weighted by atomic mass is 9.96. The van der Waals surface area contributed by atoms with Gasteiger partial charge in [-0.05, 0) is 75.7 Å². The lowest BCUT2D eigenvalue weighted by Gasteiger charge is -2.32. The third-order valence-electron chi connectivity index (χ3n) is 7.82. The van der Waals surface area contributed by atoms with Crippen molar-refractivity contribution in [3.63, 3.8) is 0 Å². The molecule has 0 saturated carbocycles. The Bertz CT molecular complexity index is 1310. The Kier molecular flexibility index (Phi) is 9.63. The fourth-order valence-corrected chi connectivity index (χ4v) is 6.44. The molecule has 0 aliphatic carbocycles. The van der Waals surface area contributed by atoms with Gasteiger partial charge >= 0.3 is 0 Å². The smallest absolute Gasteiger partial charge is 0.149 e. The zero-order valence-electron chi connectivity index (χ0n) is 23.5. The maximum atomic E-state index is 9.81. The molecule has 8 nitrogen and oxygen atoms in total. The molecule has 0 spiro atoms. The first kappa shape index (κ1) is 28.1. The van der Waals surface area contributed by atoms with Crippen LogP contribution in [0.3, 0.4) is 0 Å². The molecule has 3 N–H and O–H groups in total. The molecule has 2 saturated heterocycles. The van der Waals surface area contributed by atoms with Gasteiger partial charge < -0.3 is 16.0 Å². The fraction of sp³-hybridized carbons (Fsp3) is 0.484. The number of nitrogens with one attached hydrogen (secondary N) is 1. The first-order valence-corrected chi connectivity index (χ1v) is 15.4. The van der Waals surface area contributed by atoms with E-state index in [1.807, 2.05) is 36.7 Å². The number of nitrogen functional groups attached to an aromatic ring is 1. The second-order valence-corrected chi connectivity index (χ2v) is 11.9. The predicted molar refractivity (Wildman–Crippen MR) is 164 cm³/mol. The Labute approximate surface area is 242 Å². The Morgan fingerprint density at radius 2 is 2.00 bits per heavy atom.